The van der Waals surface area contributed by atoms with Crippen molar-refractivity contribution in [3.8, 4) is 0 Å². The molecule has 4 rings (SSSR count). The van der Waals surface area contributed by atoms with Gasteiger partial charge in [-0.15, -0.1) is 0 Å². The minimum atomic E-state index is -0.449. The Balaban J connectivity index is 1.56. The summed E-state index contributed by atoms with van der Waals surface area (Å²) in [5, 5.41) is 13.1. The van der Waals surface area contributed by atoms with Crippen molar-refractivity contribution in [3.05, 3.63) is 35.9 Å². The standard InChI is InChI=1S/C24H34N2O4/c1-15-9-19-11-17(22(15)28)10-16(2)24(19,18-7-5-4-6-8-18)12-21(27)26-13-20(14-26)30-23(29)25-3/h4-8,15-17,19-20,22,28H,9-14H2,1-3H3,(H,25,29)/t15?,16?,17?,19?,22-,24?/m1/s1. The summed E-state index contributed by atoms with van der Waals surface area (Å²) in [5.74, 6) is 1.42. The largest absolute Gasteiger partial charge is 0.442 e. The maximum absolute atomic E-state index is 13.3. The van der Waals surface area contributed by atoms with Crippen molar-refractivity contribution in [1.82, 2.24) is 10.2 Å². The molecular weight excluding hydrogens is 380 g/mol. The second-order valence-corrected chi connectivity index (χ2v) is 9.69. The Hall–Kier alpha value is -2.08. The number of hydrogen-bond acceptors (Lipinski definition) is 4. The Kier molecular flexibility index (Phi) is 5.80. The van der Waals surface area contributed by atoms with Gasteiger partial charge in [-0.05, 0) is 48.5 Å². The van der Waals surface area contributed by atoms with Crippen molar-refractivity contribution >= 4 is 12.0 Å². The molecule has 1 heterocycles. The minimum Gasteiger partial charge on any atom is -0.442 e. The lowest BCUT2D eigenvalue weighted by molar-refractivity contribution is -0.147. The normalized spacial score (nSPS) is 36.0. The minimum absolute atomic E-state index is 0.139. The van der Waals surface area contributed by atoms with Gasteiger partial charge in [0.05, 0.1) is 19.2 Å². The molecule has 3 aliphatic rings. The van der Waals surface area contributed by atoms with Crippen LogP contribution in [0, 0.1) is 23.7 Å². The Morgan fingerprint density at radius 1 is 1.17 bits per heavy atom. The average Bonchev–Trinajstić information content (AvgIpc) is 2.71. The van der Waals surface area contributed by atoms with E-state index in [0.717, 1.165) is 19.3 Å². The molecule has 3 fully saturated rings. The van der Waals surface area contributed by atoms with Gasteiger partial charge in [0.15, 0.2) is 0 Å². The summed E-state index contributed by atoms with van der Waals surface area (Å²) < 4.78 is 5.26. The summed E-state index contributed by atoms with van der Waals surface area (Å²) in [6, 6.07) is 10.5. The number of alkyl carbamates (subject to hydrolysis) is 1. The van der Waals surface area contributed by atoms with E-state index >= 15 is 0 Å². The number of nitrogens with zero attached hydrogens (tertiary/aromatic N) is 1. The van der Waals surface area contributed by atoms with Crippen LogP contribution in [0.15, 0.2) is 30.3 Å². The van der Waals surface area contributed by atoms with Crippen LogP contribution in [0.5, 0.6) is 0 Å². The molecule has 1 aromatic carbocycles. The van der Waals surface area contributed by atoms with E-state index in [1.807, 2.05) is 11.0 Å². The summed E-state index contributed by atoms with van der Waals surface area (Å²) in [6.45, 7) is 5.34. The summed E-state index contributed by atoms with van der Waals surface area (Å²) >= 11 is 0. The highest BCUT2D eigenvalue weighted by Gasteiger charge is 2.55. The zero-order chi connectivity index (χ0) is 21.5. The lowest BCUT2D eigenvalue weighted by Gasteiger charge is -2.57. The molecule has 2 amide bonds. The Labute approximate surface area is 179 Å². The van der Waals surface area contributed by atoms with Crippen LogP contribution in [0.1, 0.15) is 45.1 Å². The van der Waals surface area contributed by atoms with Gasteiger partial charge in [-0.2, -0.15) is 0 Å². The highest BCUT2D eigenvalue weighted by molar-refractivity contribution is 5.79. The van der Waals surface area contributed by atoms with Crippen molar-refractivity contribution < 1.29 is 19.4 Å². The summed E-state index contributed by atoms with van der Waals surface area (Å²) in [5.41, 5.74) is 1.03. The Morgan fingerprint density at radius 3 is 2.53 bits per heavy atom. The molecule has 1 saturated heterocycles. The van der Waals surface area contributed by atoms with Gasteiger partial charge in [0.2, 0.25) is 5.91 Å². The van der Waals surface area contributed by atoms with Gasteiger partial charge in [0.25, 0.3) is 0 Å². The number of rotatable bonds is 4. The smallest absolute Gasteiger partial charge is 0.407 e. The SMILES string of the molecule is CNC(=O)OC1CN(C(=O)CC2(c3ccccc3)C(C)CC3CC2CC(C)[C@H]3O)C1. The van der Waals surface area contributed by atoms with Crippen LogP contribution in [-0.4, -0.2) is 54.4 Å². The van der Waals surface area contributed by atoms with Crippen molar-refractivity contribution in [2.24, 2.45) is 23.7 Å². The summed E-state index contributed by atoms with van der Waals surface area (Å²) in [4.78, 5) is 26.6. The molecular formula is C24H34N2O4. The highest BCUT2D eigenvalue weighted by Crippen LogP contribution is 2.57. The van der Waals surface area contributed by atoms with Crippen LogP contribution in [-0.2, 0) is 14.9 Å². The first-order valence-electron chi connectivity index (χ1n) is 11.2. The third-order valence-corrected chi connectivity index (χ3v) is 8.01. The molecule has 5 unspecified atom stereocenters. The van der Waals surface area contributed by atoms with Crippen molar-refractivity contribution in [3.63, 3.8) is 0 Å². The van der Waals surface area contributed by atoms with Crippen LogP contribution in [0.2, 0.25) is 0 Å². The first-order valence-corrected chi connectivity index (χ1v) is 11.2. The maximum atomic E-state index is 13.3. The maximum Gasteiger partial charge on any atom is 0.407 e. The number of nitrogens with one attached hydrogen (secondary N) is 1. The number of benzene rings is 1. The predicted molar refractivity (Wildman–Crippen MR) is 114 cm³/mol. The van der Waals surface area contributed by atoms with E-state index in [1.54, 1.807) is 0 Å². The monoisotopic (exact) mass is 414 g/mol. The Bertz CT molecular complexity index is 775. The molecule has 164 valence electrons. The zero-order valence-corrected chi connectivity index (χ0v) is 18.2. The number of amides is 2. The third kappa shape index (κ3) is 3.59. The van der Waals surface area contributed by atoms with Crippen molar-refractivity contribution in [2.75, 3.05) is 20.1 Å². The van der Waals surface area contributed by atoms with Crippen LogP contribution < -0.4 is 5.32 Å². The second-order valence-electron chi connectivity index (χ2n) is 9.69. The summed E-state index contributed by atoms with van der Waals surface area (Å²) in [7, 11) is 1.54. The predicted octanol–water partition coefficient (Wildman–Crippen LogP) is 2.94. The molecule has 6 atom stereocenters. The lowest BCUT2D eigenvalue weighted by atomic mass is 9.48. The van der Waals surface area contributed by atoms with E-state index < -0.39 is 6.09 Å². The van der Waals surface area contributed by atoms with Crippen LogP contribution in [0.4, 0.5) is 4.79 Å². The second kappa shape index (κ2) is 8.22. The topological polar surface area (TPSA) is 78.9 Å². The molecule has 0 aromatic heterocycles. The molecule has 6 heteroatoms. The summed E-state index contributed by atoms with van der Waals surface area (Å²) in [6.07, 6.45) is 2.46. The van der Waals surface area contributed by atoms with Gasteiger partial charge in [0.1, 0.15) is 6.10 Å². The number of likely N-dealkylation sites (tertiary alicyclic amines) is 1. The van der Waals surface area contributed by atoms with Gasteiger partial charge in [0, 0.05) is 18.9 Å². The number of carbonyl (C=O) groups excluding carboxylic acids is 2. The molecule has 2 aliphatic carbocycles. The number of aliphatic hydroxyl groups is 1. The average molecular weight is 415 g/mol. The molecule has 2 saturated carbocycles. The van der Waals surface area contributed by atoms with Gasteiger partial charge >= 0.3 is 6.09 Å². The quantitative estimate of drug-likeness (QED) is 0.794. The van der Waals surface area contributed by atoms with Gasteiger partial charge in [-0.1, -0.05) is 44.2 Å². The molecule has 1 aromatic rings. The zero-order valence-electron chi connectivity index (χ0n) is 18.2. The van der Waals surface area contributed by atoms with E-state index in [1.165, 1.54) is 12.6 Å². The molecule has 0 spiro atoms. The highest BCUT2D eigenvalue weighted by atomic mass is 16.6. The van der Waals surface area contributed by atoms with E-state index in [0.29, 0.717) is 37.3 Å². The number of carbonyl (C=O) groups is 2. The van der Waals surface area contributed by atoms with Crippen LogP contribution in [0.3, 0.4) is 0 Å². The molecule has 1 aliphatic heterocycles. The van der Waals surface area contributed by atoms with Gasteiger partial charge < -0.3 is 20.1 Å². The van der Waals surface area contributed by atoms with Crippen molar-refractivity contribution in [1.29, 1.82) is 0 Å². The molecule has 2 bridgehead atoms. The number of fused-ring (bicyclic) bond motifs is 2. The van der Waals surface area contributed by atoms with E-state index in [-0.39, 0.29) is 29.4 Å². The fourth-order valence-electron chi connectivity index (χ4n) is 6.35. The molecule has 0 radical (unpaired) electrons. The lowest BCUT2D eigenvalue weighted by Crippen LogP contribution is -2.59. The van der Waals surface area contributed by atoms with Gasteiger partial charge in [-0.25, -0.2) is 4.79 Å². The number of ether oxygens (including phenoxy) is 1. The van der Waals surface area contributed by atoms with E-state index in [2.05, 4.69) is 43.4 Å². The fourth-order valence-corrected chi connectivity index (χ4v) is 6.35. The van der Waals surface area contributed by atoms with Gasteiger partial charge in [-0.3, -0.25) is 4.79 Å². The van der Waals surface area contributed by atoms with E-state index in [9.17, 15) is 14.7 Å². The third-order valence-electron chi connectivity index (χ3n) is 8.01. The molecule has 2 N–H and O–H groups in total. The molecule has 6 nitrogen and oxygen atoms in total. The molecule has 30 heavy (non-hydrogen) atoms. The first-order chi connectivity index (χ1) is 14.3. The fraction of sp³-hybridized carbons (Fsp3) is 0.667. The van der Waals surface area contributed by atoms with Crippen LogP contribution in [0.25, 0.3) is 0 Å². The number of hydrogen-bond donors (Lipinski definition) is 2. The number of aliphatic hydroxyl groups excluding tert-OH is 1. The first kappa shape index (κ1) is 21.2. The Morgan fingerprint density at radius 2 is 1.87 bits per heavy atom. The van der Waals surface area contributed by atoms with Crippen LogP contribution >= 0.6 is 0 Å². The van der Waals surface area contributed by atoms with E-state index in [4.69, 9.17) is 4.74 Å². The van der Waals surface area contributed by atoms with Crippen molar-refractivity contribution in [2.45, 2.75) is 57.2 Å².